The molecule has 0 fully saturated rings. The minimum absolute atomic E-state index is 0.0872. The van der Waals surface area contributed by atoms with Crippen LogP contribution in [0.1, 0.15) is 34.5 Å². The average molecular weight is 366 g/mol. The Balaban J connectivity index is 1.62. The summed E-state index contributed by atoms with van der Waals surface area (Å²) in [5, 5.41) is 0. The lowest BCUT2D eigenvalue weighted by molar-refractivity contribution is -0.114. The Hall–Kier alpha value is -2.86. The zero-order chi connectivity index (χ0) is 19.1. The van der Waals surface area contributed by atoms with Crippen LogP contribution in [-0.2, 0) is 11.2 Å². The number of ether oxygens (including phenoxy) is 2. The summed E-state index contributed by atoms with van der Waals surface area (Å²) in [7, 11) is 3.26. The number of rotatable bonds is 4. The van der Waals surface area contributed by atoms with Crippen LogP contribution in [0.2, 0.25) is 0 Å². The van der Waals surface area contributed by atoms with Crippen LogP contribution in [-0.4, -0.2) is 44.0 Å². The van der Waals surface area contributed by atoms with E-state index in [1.54, 1.807) is 31.3 Å². The molecule has 2 aliphatic heterocycles. The van der Waals surface area contributed by atoms with Crippen LogP contribution >= 0.6 is 0 Å². The van der Waals surface area contributed by atoms with Crippen molar-refractivity contribution in [1.82, 2.24) is 4.90 Å². The molecule has 0 N–H and O–H groups in total. The number of para-hydroxylation sites is 1. The molecule has 0 saturated carbocycles. The molecule has 0 aromatic heterocycles. The van der Waals surface area contributed by atoms with E-state index in [2.05, 4.69) is 11.8 Å². The normalized spacial score (nSPS) is 19.1. The second-order valence-electron chi connectivity index (χ2n) is 6.87. The summed E-state index contributed by atoms with van der Waals surface area (Å²) in [6, 6.07) is 11.3. The summed E-state index contributed by atoms with van der Waals surface area (Å²) in [4.78, 5) is 28.5. The van der Waals surface area contributed by atoms with Gasteiger partial charge in [0, 0.05) is 12.6 Å². The van der Waals surface area contributed by atoms with Crippen LogP contribution in [0.25, 0.3) is 0 Å². The maximum Gasteiger partial charge on any atom is 0.300 e. The fourth-order valence-electron chi connectivity index (χ4n) is 3.96. The van der Waals surface area contributed by atoms with E-state index < -0.39 is 11.7 Å². The number of carbonyl (C=O) groups excluding carboxylic acids is 2. The number of hydrogen-bond donors (Lipinski definition) is 0. The standard InChI is InChI=1S/C21H22N2O4/c1-13-16-11-19(27-3)18(26-2)10-14(16)8-9-22(13)12-23-17-7-5-4-6-15(17)20(24)21(23)25/h4-7,10-11,13H,8-9,12H2,1-3H3/t13-/m1/s1. The third-order valence-electron chi connectivity index (χ3n) is 5.51. The van der Waals surface area contributed by atoms with Crippen molar-refractivity contribution in [3.05, 3.63) is 53.1 Å². The number of fused-ring (bicyclic) bond motifs is 2. The molecule has 4 rings (SSSR count). The van der Waals surface area contributed by atoms with Gasteiger partial charge in [-0.3, -0.25) is 19.4 Å². The van der Waals surface area contributed by atoms with Crippen LogP contribution in [0.4, 0.5) is 5.69 Å². The monoisotopic (exact) mass is 366 g/mol. The number of anilines is 1. The summed E-state index contributed by atoms with van der Waals surface area (Å²) in [5.41, 5.74) is 3.56. The van der Waals surface area contributed by atoms with Gasteiger partial charge in [-0.2, -0.15) is 0 Å². The van der Waals surface area contributed by atoms with E-state index in [1.165, 1.54) is 5.56 Å². The largest absolute Gasteiger partial charge is 0.493 e. The summed E-state index contributed by atoms with van der Waals surface area (Å²) in [6.07, 6.45) is 0.845. The van der Waals surface area contributed by atoms with Crippen molar-refractivity contribution in [3.63, 3.8) is 0 Å². The Labute approximate surface area is 158 Å². The number of benzene rings is 2. The highest BCUT2D eigenvalue weighted by molar-refractivity contribution is 6.52. The molecule has 6 heteroatoms. The number of ketones is 1. The highest BCUT2D eigenvalue weighted by atomic mass is 16.5. The van der Waals surface area contributed by atoms with Crippen LogP contribution in [0, 0.1) is 0 Å². The van der Waals surface area contributed by atoms with Crippen molar-refractivity contribution < 1.29 is 19.1 Å². The first-order valence-electron chi connectivity index (χ1n) is 8.99. The summed E-state index contributed by atoms with van der Waals surface area (Å²) in [6.45, 7) is 3.29. The highest BCUT2D eigenvalue weighted by Crippen LogP contribution is 2.38. The minimum Gasteiger partial charge on any atom is -0.493 e. The second kappa shape index (κ2) is 6.70. The molecular weight excluding hydrogens is 344 g/mol. The quantitative estimate of drug-likeness (QED) is 0.779. The van der Waals surface area contributed by atoms with Crippen LogP contribution in [0.15, 0.2) is 36.4 Å². The lowest BCUT2D eigenvalue weighted by Crippen LogP contribution is -2.44. The number of amides is 1. The molecule has 2 aromatic rings. The van der Waals surface area contributed by atoms with Gasteiger partial charge in [0.1, 0.15) is 0 Å². The number of nitrogens with zero attached hydrogens (tertiary/aromatic N) is 2. The molecule has 1 atom stereocenters. The molecular formula is C21H22N2O4. The molecule has 2 heterocycles. The van der Waals surface area contributed by atoms with Gasteiger partial charge in [0.15, 0.2) is 11.5 Å². The number of hydrogen-bond acceptors (Lipinski definition) is 5. The van der Waals surface area contributed by atoms with E-state index in [9.17, 15) is 9.59 Å². The van der Waals surface area contributed by atoms with Gasteiger partial charge in [-0.15, -0.1) is 0 Å². The SMILES string of the molecule is COc1cc2c(cc1OC)[C@@H](C)N(CN1C(=O)C(=O)c3ccccc31)CC2. The topological polar surface area (TPSA) is 59.1 Å². The Kier molecular flexibility index (Phi) is 4.36. The second-order valence-corrected chi connectivity index (χ2v) is 6.87. The van der Waals surface area contributed by atoms with Crippen molar-refractivity contribution in [1.29, 1.82) is 0 Å². The summed E-state index contributed by atoms with van der Waals surface area (Å²) >= 11 is 0. The zero-order valence-electron chi connectivity index (χ0n) is 15.7. The zero-order valence-corrected chi connectivity index (χ0v) is 15.7. The van der Waals surface area contributed by atoms with Crippen molar-refractivity contribution in [3.8, 4) is 11.5 Å². The lowest BCUT2D eigenvalue weighted by Gasteiger charge is -2.37. The van der Waals surface area contributed by atoms with Gasteiger partial charge in [-0.1, -0.05) is 12.1 Å². The first kappa shape index (κ1) is 17.5. The molecule has 0 spiro atoms. The highest BCUT2D eigenvalue weighted by Gasteiger charge is 2.37. The Morgan fingerprint density at radius 1 is 1.07 bits per heavy atom. The molecule has 2 aromatic carbocycles. The smallest absolute Gasteiger partial charge is 0.300 e. The van der Waals surface area contributed by atoms with Gasteiger partial charge in [-0.05, 0) is 48.7 Å². The molecule has 0 saturated heterocycles. The first-order chi connectivity index (χ1) is 13.0. The van der Waals surface area contributed by atoms with Gasteiger partial charge in [0.25, 0.3) is 5.78 Å². The van der Waals surface area contributed by atoms with E-state index in [4.69, 9.17) is 9.47 Å². The van der Waals surface area contributed by atoms with Crippen molar-refractivity contribution in [2.75, 3.05) is 32.3 Å². The predicted octanol–water partition coefficient (Wildman–Crippen LogP) is 2.81. The minimum atomic E-state index is -0.457. The van der Waals surface area contributed by atoms with Crippen molar-refractivity contribution in [2.24, 2.45) is 0 Å². The third-order valence-corrected chi connectivity index (χ3v) is 5.51. The van der Waals surface area contributed by atoms with Crippen LogP contribution in [0.3, 0.4) is 0 Å². The van der Waals surface area contributed by atoms with E-state index in [0.717, 1.165) is 24.3 Å². The Morgan fingerprint density at radius 3 is 2.52 bits per heavy atom. The summed E-state index contributed by atoms with van der Waals surface area (Å²) < 4.78 is 10.9. The molecule has 2 aliphatic rings. The number of Topliss-reactive ketones (excluding diaryl/α,β-unsaturated/α-hetero) is 1. The van der Waals surface area contributed by atoms with E-state index in [0.29, 0.717) is 23.7 Å². The molecule has 1 amide bonds. The third kappa shape index (κ3) is 2.77. The molecule has 140 valence electrons. The maximum atomic E-state index is 12.5. The predicted molar refractivity (Wildman–Crippen MR) is 101 cm³/mol. The van der Waals surface area contributed by atoms with Crippen molar-refractivity contribution >= 4 is 17.4 Å². The maximum absolute atomic E-state index is 12.5. The van der Waals surface area contributed by atoms with Gasteiger partial charge >= 0.3 is 5.91 Å². The van der Waals surface area contributed by atoms with Gasteiger partial charge in [-0.25, -0.2) is 0 Å². The molecule has 6 nitrogen and oxygen atoms in total. The average Bonchev–Trinajstić information content (AvgIpc) is 2.94. The van der Waals surface area contributed by atoms with E-state index in [1.807, 2.05) is 24.3 Å². The Morgan fingerprint density at radius 2 is 1.78 bits per heavy atom. The molecule has 0 radical (unpaired) electrons. The van der Waals surface area contributed by atoms with E-state index in [-0.39, 0.29) is 6.04 Å². The van der Waals surface area contributed by atoms with Gasteiger partial charge in [0.2, 0.25) is 0 Å². The Bertz CT molecular complexity index is 924. The van der Waals surface area contributed by atoms with Crippen LogP contribution < -0.4 is 14.4 Å². The van der Waals surface area contributed by atoms with E-state index >= 15 is 0 Å². The van der Waals surface area contributed by atoms with Crippen molar-refractivity contribution in [2.45, 2.75) is 19.4 Å². The molecule has 0 bridgehead atoms. The first-order valence-corrected chi connectivity index (χ1v) is 8.99. The molecule has 0 unspecified atom stereocenters. The lowest BCUT2D eigenvalue weighted by atomic mass is 9.93. The molecule has 27 heavy (non-hydrogen) atoms. The van der Waals surface area contributed by atoms with Gasteiger partial charge in [0.05, 0.1) is 32.1 Å². The number of carbonyl (C=O) groups is 2. The van der Waals surface area contributed by atoms with Crippen LogP contribution in [0.5, 0.6) is 11.5 Å². The fraction of sp³-hybridized carbons (Fsp3) is 0.333. The molecule has 0 aliphatic carbocycles. The summed E-state index contributed by atoms with van der Waals surface area (Å²) in [5.74, 6) is 0.539. The number of methoxy groups -OCH3 is 2. The fourth-order valence-corrected chi connectivity index (χ4v) is 3.96. The van der Waals surface area contributed by atoms with Gasteiger partial charge < -0.3 is 9.47 Å².